The van der Waals surface area contributed by atoms with E-state index in [-0.39, 0.29) is 25.7 Å². The van der Waals surface area contributed by atoms with Crippen LogP contribution < -0.4 is 0 Å². The summed E-state index contributed by atoms with van der Waals surface area (Å²) < 4.78 is 68.9. The molecule has 0 saturated heterocycles. The number of hydrogen-bond donors (Lipinski definition) is 3. The average molecular weight is 1560 g/mol. The molecule has 0 rings (SSSR count). The Morgan fingerprint density at radius 2 is 0.430 bits per heavy atom. The van der Waals surface area contributed by atoms with E-state index in [2.05, 4.69) is 41.5 Å². The van der Waals surface area contributed by atoms with E-state index in [0.29, 0.717) is 25.7 Å². The fourth-order valence-corrected chi connectivity index (χ4v) is 15.4. The van der Waals surface area contributed by atoms with Crippen molar-refractivity contribution in [1.29, 1.82) is 0 Å². The Hall–Kier alpha value is -1.94. The SMILES string of the molecule is CCCCCCCCCCCCCCCCC(=O)O[C@H](COC(=O)CCCCCCCCCCCCC)COP(=O)(O)OC[C@H](O)COP(=O)(O)OC[C@@H](COC(=O)CCCCCCCCCCCCCCCCCCCCC(C)C)OC(=O)CCCCCCCCCCCCCCCCCCCCC(C)C. The zero-order valence-corrected chi connectivity index (χ0v) is 72.2. The molecule has 107 heavy (non-hydrogen) atoms. The molecule has 19 heteroatoms. The van der Waals surface area contributed by atoms with Crippen molar-refractivity contribution in [1.82, 2.24) is 0 Å². The van der Waals surface area contributed by atoms with E-state index in [1.807, 2.05) is 0 Å². The molecule has 0 aliphatic rings. The highest BCUT2D eigenvalue weighted by Gasteiger charge is 2.30. The average Bonchev–Trinajstić information content (AvgIpc) is 0.902. The fraction of sp³-hybridized carbons (Fsp3) is 0.955. The first-order valence-corrected chi connectivity index (χ1v) is 48.5. The largest absolute Gasteiger partial charge is 0.472 e. The van der Waals surface area contributed by atoms with Gasteiger partial charge < -0.3 is 33.8 Å². The molecular weight excluding hydrogens is 1390 g/mol. The van der Waals surface area contributed by atoms with E-state index in [1.165, 1.54) is 289 Å². The van der Waals surface area contributed by atoms with Gasteiger partial charge >= 0.3 is 39.5 Å². The molecule has 0 bridgehead atoms. The van der Waals surface area contributed by atoms with E-state index < -0.39 is 97.5 Å². The van der Waals surface area contributed by atoms with Crippen molar-refractivity contribution in [3.63, 3.8) is 0 Å². The zero-order chi connectivity index (χ0) is 78.5. The summed E-state index contributed by atoms with van der Waals surface area (Å²) >= 11 is 0. The maximum Gasteiger partial charge on any atom is 0.472 e. The molecule has 0 aromatic carbocycles. The van der Waals surface area contributed by atoms with Crippen molar-refractivity contribution in [2.45, 2.75) is 490 Å². The third kappa shape index (κ3) is 81.9. The van der Waals surface area contributed by atoms with Crippen LogP contribution in [0.1, 0.15) is 472 Å². The van der Waals surface area contributed by atoms with E-state index in [1.54, 1.807) is 0 Å². The maximum atomic E-state index is 13.2. The van der Waals surface area contributed by atoms with Gasteiger partial charge in [0.05, 0.1) is 26.4 Å². The zero-order valence-electron chi connectivity index (χ0n) is 70.5. The second-order valence-electron chi connectivity index (χ2n) is 32.6. The number of unbranched alkanes of at least 4 members (excludes halogenated alkanes) is 57. The molecule has 0 heterocycles. The molecule has 0 aliphatic carbocycles. The third-order valence-electron chi connectivity index (χ3n) is 20.7. The van der Waals surface area contributed by atoms with Gasteiger partial charge in [-0.15, -0.1) is 0 Å². The Kier molecular flexibility index (Phi) is 77.9. The van der Waals surface area contributed by atoms with Crippen molar-refractivity contribution in [2.75, 3.05) is 39.6 Å². The van der Waals surface area contributed by atoms with Gasteiger partial charge in [-0.3, -0.25) is 37.3 Å². The molecular formula is C88H172O17P2. The van der Waals surface area contributed by atoms with Gasteiger partial charge in [0.1, 0.15) is 19.3 Å². The number of carbonyl (C=O) groups excluding carboxylic acids is 4. The van der Waals surface area contributed by atoms with E-state index in [4.69, 9.17) is 37.0 Å². The van der Waals surface area contributed by atoms with Crippen LogP contribution in [0.4, 0.5) is 0 Å². The third-order valence-corrected chi connectivity index (χ3v) is 22.6. The fourth-order valence-electron chi connectivity index (χ4n) is 13.8. The molecule has 0 aliphatic heterocycles. The molecule has 2 unspecified atom stereocenters. The van der Waals surface area contributed by atoms with Crippen LogP contribution in [0.2, 0.25) is 0 Å². The van der Waals surface area contributed by atoms with E-state index >= 15 is 0 Å². The Morgan fingerprint density at radius 3 is 0.636 bits per heavy atom. The first-order valence-electron chi connectivity index (χ1n) is 45.5. The van der Waals surface area contributed by atoms with Crippen LogP contribution in [-0.4, -0.2) is 96.7 Å². The minimum absolute atomic E-state index is 0.108. The maximum absolute atomic E-state index is 13.2. The van der Waals surface area contributed by atoms with Crippen LogP contribution in [0.3, 0.4) is 0 Å². The summed E-state index contributed by atoms with van der Waals surface area (Å²) in [7, 11) is -9.93. The molecule has 17 nitrogen and oxygen atoms in total. The Morgan fingerprint density at radius 1 is 0.252 bits per heavy atom. The smallest absolute Gasteiger partial charge is 0.462 e. The molecule has 3 N–H and O–H groups in total. The highest BCUT2D eigenvalue weighted by atomic mass is 31.2. The summed E-state index contributed by atoms with van der Waals surface area (Å²) in [6, 6.07) is 0. The Labute approximate surface area is 658 Å². The predicted molar refractivity (Wildman–Crippen MR) is 442 cm³/mol. The molecule has 0 radical (unpaired) electrons. The van der Waals surface area contributed by atoms with Crippen molar-refractivity contribution in [3.8, 4) is 0 Å². The van der Waals surface area contributed by atoms with E-state index in [0.717, 1.165) is 102 Å². The number of phosphoric ester groups is 2. The lowest BCUT2D eigenvalue weighted by molar-refractivity contribution is -0.161. The minimum atomic E-state index is -4.97. The lowest BCUT2D eigenvalue weighted by Gasteiger charge is -2.21. The normalized spacial score (nSPS) is 13.8. The van der Waals surface area contributed by atoms with Crippen LogP contribution >= 0.6 is 15.6 Å². The Bertz CT molecular complexity index is 2050. The standard InChI is InChI=1S/C88H172O17P2/c1-7-9-11-13-15-17-19-20-35-42-48-54-60-66-72-87(92)104-83(76-98-85(90)70-64-58-52-46-38-18-16-14-12-10-8-2)78-102-106(94,95)100-74-82(89)75-101-107(96,97)103-79-84(105-88(93)73-67-61-55-49-43-37-32-28-24-22-26-30-34-40-45-51-57-63-69-81(5)6)77-99-86(91)71-65-59-53-47-41-36-31-27-23-21-25-29-33-39-44-50-56-62-68-80(3)4/h80-84,89H,7-79H2,1-6H3,(H,94,95)(H,96,97)/t82-,83+,84+/m0/s1. The minimum Gasteiger partial charge on any atom is -0.462 e. The summed E-state index contributed by atoms with van der Waals surface area (Å²) in [5, 5.41) is 10.7. The summed E-state index contributed by atoms with van der Waals surface area (Å²) in [5.41, 5.74) is 0. The summed E-state index contributed by atoms with van der Waals surface area (Å²) in [5.74, 6) is -0.454. The van der Waals surface area contributed by atoms with E-state index in [9.17, 15) is 43.2 Å². The molecule has 0 aromatic heterocycles. The van der Waals surface area contributed by atoms with Gasteiger partial charge in [-0.1, -0.05) is 420 Å². The van der Waals surface area contributed by atoms with Gasteiger partial charge in [0.2, 0.25) is 0 Å². The highest BCUT2D eigenvalue weighted by Crippen LogP contribution is 2.45. The lowest BCUT2D eigenvalue weighted by Crippen LogP contribution is -2.30. The number of aliphatic hydroxyl groups is 1. The molecule has 0 amide bonds. The quantitative estimate of drug-likeness (QED) is 0.0222. The van der Waals surface area contributed by atoms with Crippen molar-refractivity contribution >= 4 is 39.5 Å². The monoisotopic (exact) mass is 1560 g/mol. The second kappa shape index (κ2) is 79.3. The van der Waals surface area contributed by atoms with Gasteiger partial charge in [-0.05, 0) is 37.5 Å². The van der Waals surface area contributed by atoms with Gasteiger partial charge in [0.25, 0.3) is 0 Å². The molecule has 5 atom stereocenters. The van der Waals surface area contributed by atoms with Crippen LogP contribution in [0.5, 0.6) is 0 Å². The number of esters is 4. The van der Waals surface area contributed by atoms with Crippen molar-refractivity contribution in [3.05, 3.63) is 0 Å². The molecule has 0 spiro atoms. The molecule has 0 aromatic rings. The number of rotatable bonds is 87. The summed E-state index contributed by atoms with van der Waals surface area (Å²) in [4.78, 5) is 73.3. The first-order chi connectivity index (χ1) is 51.9. The molecule has 0 fully saturated rings. The van der Waals surface area contributed by atoms with Crippen LogP contribution in [0.25, 0.3) is 0 Å². The van der Waals surface area contributed by atoms with Crippen LogP contribution in [0, 0.1) is 11.8 Å². The van der Waals surface area contributed by atoms with Crippen LogP contribution in [-0.2, 0) is 65.4 Å². The number of phosphoric acid groups is 2. The number of hydrogen-bond acceptors (Lipinski definition) is 15. The predicted octanol–water partition coefficient (Wildman–Crippen LogP) is 27.0. The van der Waals surface area contributed by atoms with Gasteiger partial charge in [-0.25, -0.2) is 9.13 Å². The van der Waals surface area contributed by atoms with Crippen molar-refractivity contribution in [2.24, 2.45) is 11.8 Å². The Balaban J connectivity index is 5.22. The van der Waals surface area contributed by atoms with Gasteiger partial charge in [0, 0.05) is 25.7 Å². The van der Waals surface area contributed by atoms with Gasteiger partial charge in [0.15, 0.2) is 12.2 Å². The molecule has 0 saturated carbocycles. The second-order valence-corrected chi connectivity index (χ2v) is 35.5. The molecule has 636 valence electrons. The van der Waals surface area contributed by atoms with Gasteiger partial charge in [-0.2, -0.15) is 0 Å². The number of aliphatic hydroxyl groups excluding tert-OH is 1. The number of carbonyl (C=O) groups is 4. The van der Waals surface area contributed by atoms with Crippen molar-refractivity contribution < 1.29 is 80.2 Å². The number of ether oxygens (including phenoxy) is 4. The summed E-state index contributed by atoms with van der Waals surface area (Å²) in [6.07, 6.45) is 72.2. The topological polar surface area (TPSA) is 237 Å². The van der Waals surface area contributed by atoms with Crippen LogP contribution in [0.15, 0.2) is 0 Å². The lowest BCUT2D eigenvalue weighted by atomic mass is 10.0. The first kappa shape index (κ1) is 105. The summed E-state index contributed by atoms with van der Waals surface area (Å²) in [6.45, 7) is 9.76. The highest BCUT2D eigenvalue weighted by molar-refractivity contribution is 7.47.